The second-order valence-electron chi connectivity index (χ2n) is 5.35. The maximum absolute atomic E-state index is 12.1. The number of hydrogen-bond acceptors (Lipinski definition) is 5. The highest BCUT2D eigenvalue weighted by Crippen LogP contribution is 2.22. The van der Waals surface area contributed by atoms with Crippen molar-refractivity contribution < 1.29 is 23.2 Å². The van der Waals surface area contributed by atoms with E-state index in [0.717, 1.165) is 11.3 Å². The largest absolute Gasteiger partial charge is 0.479 e. The molecule has 0 heterocycles. The van der Waals surface area contributed by atoms with Crippen molar-refractivity contribution in [2.24, 2.45) is 0 Å². The Morgan fingerprint density at radius 1 is 1.33 bits per heavy atom. The molecule has 0 radical (unpaired) electrons. The van der Waals surface area contributed by atoms with Gasteiger partial charge in [0.25, 0.3) is 10.0 Å². The molecule has 1 rings (SSSR count). The van der Waals surface area contributed by atoms with Crippen molar-refractivity contribution in [2.45, 2.75) is 31.3 Å². The molecule has 0 atom stereocenters. The summed E-state index contributed by atoms with van der Waals surface area (Å²) >= 11 is 0. The lowest BCUT2D eigenvalue weighted by molar-refractivity contribution is -0.165. The van der Waals surface area contributed by atoms with Gasteiger partial charge in [0.15, 0.2) is 5.60 Å². The van der Waals surface area contributed by atoms with Crippen LogP contribution in [-0.4, -0.2) is 39.2 Å². The number of carboxylic acid groups (broad SMARTS) is 1. The van der Waals surface area contributed by atoms with E-state index in [-0.39, 0.29) is 4.90 Å². The van der Waals surface area contributed by atoms with Gasteiger partial charge in [-0.3, -0.25) is 4.84 Å². The molecule has 0 aliphatic heterocycles. The van der Waals surface area contributed by atoms with E-state index in [9.17, 15) is 13.2 Å². The Bertz CT molecular complexity index is 638. The fourth-order valence-electron chi connectivity index (χ4n) is 1.49. The Labute approximate surface area is 124 Å². The molecule has 0 fully saturated rings. The Morgan fingerprint density at radius 2 is 1.90 bits per heavy atom. The number of nitrogens with one attached hydrogen (secondary N) is 1. The Morgan fingerprint density at radius 3 is 2.38 bits per heavy atom. The normalized spacial score (nSPS) is 12.2. The molecular weight excluding hydrogens is 296 g/mol. The lowest BCUT2D eigenvalue weighted by Gasteiger charge is -2.20. The molecular formula is C13H20N2O5S. The molecule has 0 unspecified atom stereocenters. The van der Waals surface area contributed by atoms with E-state index in [1.807, 2.05) is 11.8 Å². The van der Waals surface area contributed by atoms with Crippen molar-refractivity contribution in [1.29, 1.82) is 0 Å². The van der Waals surface area contributed by atoms with Crippen molar-refractivity contribution in [3.63, 3.8) is 0 Å². The van der Waals surface area contributed by atoms with Crippen LogP contribution in [0.2, 0.25) is 0 Å². The summed E-state index contributed by atoms with van der Waals surface area (Å²) < 4.78 is 24.3. The van der Waals surface area contributed by atoms with Gasteiger partial charge in [-0.15, -0.1) is 0 Å². The molecule has 0 amide bonds. The summed E-state index contributed by atoms with van der Waals surface area (Å²) in [7, 11) is -0.358. The van der Waals surface area contributed by atoms with Crippen molar-refractivity contribution >= 4 is 21.7 Å². The fourth-order valence-corrected chi connectivity index (χ4v) is 2.42. The number of hydrogen-bond donors (Lipinski definition) is 2. The third-order valence-electron chi connectivity index (χ3n) is 2.89. The van der Waals surface area contributed by atoms with E-state index < -0.39 is 21.6 Å². The highest BCUT2D eigenvalue weighted by atomic mass is 32.2. The van der Waals surface area contributed by atoms with Gasteiger partial charge in [0.05, 0.1) is 4.90 Å². The summed E-state index contributed by atoms with van der Waals surface area (Å²) in [4.78, 5) is 19.3. The number of benzene rings is 1. The van der Waals surface area contributed by atoms with Gasteiger partial charge in [-0.25, -0.2) is 13.2 Å². The summed E-state index contributed by atoms with van der Waals surface area (Å²) in [6, 6.07) is 4.60. The number of aliphatic carboxylic acids is 1. The van der Waals surface area contributed by atoms with Crippen LogP contribution in [0.4, 0.5) is 5.69 Å². The Hall–Kier alpha value is -1.64. The van der Waals surface area contributed by atoms with E-state index >= 15 is 0 Å². The number of rotatable bonds is 6. The number of anilines is 1. The van der Waals surface area contributed by atoms with Gasteiger partial charge < -0.3 is 10.0 Å². The van der Waals surface area contributed by atoms with Crippen molar-refractivity contribution in [2.75, 3.05) is 19.0 Å². The molecule has 0 aliphatic carbocycles. The van der Waals surface area contributed by atoms with E-state index in [2.05, 4.69) is 0 Å². The minimum atomic E-state index is -3.96. The third kappa shape index (κ3) is 4.16. The summed E-state index contributed by atoms with van der Waals surface area (Å²) in [5.74, 6) is -1.27. The number of aryl methyl sites for hydroxylation is 1. The zero-order valence-electron chi connectivity index (χ0n) is 12.7. The van der Waals surface area contributed by atoms with Crippen LogP contribution < -0.4 is 9.79 Å². The SMILES string of the molecule is Cc1ccc(S(=O)(=O)NOC(C)(C)C(=O)O)cc1N(C)C. The van der Waals surface area contributed by atoms with Gasteiger partial charge in [0, 0.05) is 19.8 Å². The topological polar surface area (TPSA) is 95.9 Å². The first kappa shape index (κ1) is 17.4. The monoisotopic (exact) mass is 316 g/mol. The van der Waals surface area contributed by atoms with Crippen molar-refractivity contribution in [3.05, 3.63) is 23.8 Å². The first-order valence-corrected chi connectivity index (χ1v) is 7.67. The smallest absolute Gasteiger partial charge is 0.337 e. The standard InChI is InChI=1S/C13H20N2O5S/c1-9-6-7-10(8-11(9)15(4)5)21(18,19)14-20-13(2,3)12(16)17/h6-8,14H,1-5H3,(H,16,17). The van der Waals surface area contributed by atoms with Crippen LogP contribution in [0.1, 0.15) is 19.4 Å². The molecule has 1 aromatic rings. The molecule has 8 heteroatoms. The molecule has 0 saturated heterocycles. The van der Waals surface area contributed by atoms with Crippen LogP contribution in [0.25, 0.3) is 0 Å². The maximum atomic E-state index is 12.1. The van der Waals surface area contributed by atoms with E-state index in [1.54, 1.807) is 25.1 Å². The van der Waals surface area contributed by atoms with E-state index in [4.69, 9.17) is 9.94 Å². The Balaban J connectivity index is 3.04. The highest BCUT2D eigenvalue weighted by Gasteiger charge is 2.31. The van der Waals surface area contributed by atoms with E-state index in [1.165, 1.54) is 26.0 Å². The Kier molecular flexibility index (Phi) is 4.98. The molecule has 0 aliphatic rings. The number of carbonyl (C=O) groups is 1. The number of nitrogens with zero attached hydrogens (tertiary/aromatic N) is 1. The second-order valence-corrected chi connectivity index (χ2v) is 6.99. The molecule has 0 aromatic heterocycles. The zero-order valence-corrected chi connectivity index (χ0v) is 13.5. The van der Waals surface area contributed by atoms with Crippen molar-refractivity contribution in [1.82, 2.24) is 4.89 Å². The first-order chi connectivity index (χ1) is 9.47. The average molecular weight is 316 g/mol. The fraction of sp³-hybridized carbons (Fsp3) is 0.462. The van der Waals surface area contributed by atoms with Gasteiger partial charge in [0.2, 0.25) is 0 Å². The molecule has 0 saturated carbocycles. The number of carboxylic acids is 1. The van der Waals surface area contributed by atoms with Gasteiger partial charge in [-0.2, -0.15) is 0 Å². The number of sulfonamides is 1. The highest BCUT2D eigenvalue weighted by molar-refractivity contribution is 7.89. The van der Waals surface area contributed by atoms with Crippen LogP contribution in [0.15, 0.2) is 23.1 Å². The molecule has 7 nitrogen and oxygen atoms in total. The van der Waals surface area contributed by atoms with Gasteiger partial charge in [-0.05, 0) is 38.5 Å². The van der Waals surface area contributed by atoms with Crippen LogP contribution >= 0.6 is 0 Å². The van der Waals surface area contributed by atoms with Gasteiger partial charge in [-0.1, -0.05) is 11.0 Å². The summed E-state index contributed by atoms with van der Waals surface area (Å²) in [5, 5.41) is 8.90. The molecule has 118 valence electrons. The van der Waals surface area contributed by atoms with Gasteiger partial charge >= 0.3 is 5.97 Å². The average Bonchev–Trinajstić information content (AvgIpc) is 2.36. The predicted molar refractivity (Wildman–Crippen MR) is 78.6 cm³/mol. The minimum Gasteiger partial charge on any atom is -0.479 e. The van der Waals surface area contributed by atoms with Gasteiger partial charge in [0.1, 0.15) is 0 Å². The van der Waals surface area contributed by atoms with Crippen LogP contribution in [-0.2, 0) is 19.7 Å². The van der Waals surface area contributed by atoms with Crippen molar-refractivity contribution in [3.8, 4) is 0 Å². The first-order valence-electron chi connectivity index (χ1n) is 6.18. The molecule has 0 bridgehead atoms. The van der Waals surface area contributed by atoms with Crippen LogP contribution in [0.5, 0.6) is 0 Å². The summed E-state index contributed by atoms with van der Waals surface area (Å²) in [6.07, 6.45) is 0. The summed E-state index contributed by atoms with van der Waals surface area (Å²) in [6.45, 7) is 4.36. The molecule has 2 N–H and O–H groups in total. The quantitative estimate of drug-likeness (QED) is 0.764. The minimum absolute atomic E-state index is 0.00186. The molecule has 0 spiro atoms. The lowest BCUT2D eigenvalue weighted by atomic mass is 10.1. The zero-order chi connectivity index (χ0) is 16.4. The maximum Gasteiger partial charge on any atom is 0.337 e. The molecule has 1 aromatic carbocycles. The second kappa shape index (κ2) is 6.00. The lowest BCUT2D eigenvalue weighted by Crippen LogP contribution is -2.41. The predicted octanol–water partition coefficient (Wildman–Crippen LogP) is 1.13. The van der Waals surface area contributed by atoms with Crippen LogP contribution in [0, 0.1) is 6.92 Å². The third-order valence-corrected chi connectivity index (χ3v) is 4.07. The van der Waals surface area contributed by atoms with Crippen LogP contribution in [0.3, 0.4) is 0 Å². The van der Waals surface area contributed by atoms with E-state index in [0.29, 0.717) is 0 Å². The summed E-state index contributed by atoms with van der Waals surface area (Å²) in [5.41, 5.74) is 0.00315. The molecule has 21 heavy (non-hydrogen) atoms.